The first-order valence-corrected chi connectivity index (χ1v) is 10.8. The van der Waals surface area contributed by atoms with Crippen molar-refractivity contribution in [1.82, 2.24) is 24.6 Å². The number of amides is 1. The third-order valence-electron chi connectivity index (χ3n) is 5.92. The van der Waals surface area contributed by atoms with E-state index < -0.39 is 0 Å². The molecule has 1 saturated heterocycles. The van der Waals surface area contributed by atoms with E-state index in [0.29, 0.717) is 31.7 Å². The summed E-state index contributed by atoms with van der Waals surface area (Å²) in [5.74, 6) is 0.506. The van der Waals surface area contributed by atoms with Crippen LogP contribution in [0.3, 0.4) is 0 Å². The fourth-order valence-corrected chi connectivity index (χ4v) is 4.06. The van der Waals surface area contributed by atoms with Crippen LogP contribution < -0.4 is 4.90 Å². The summed E-state index contributed by atoms with van der Waals surface area (Å²) >= 11 is 0. The van der Waals surface area contributed by atoms with Gasteiger partial charge >= 0.3 is 0 Å². The third-order valence-corrected chi connectivity index (χ3v) is 5.92. The van der Waals surface area contributed by atoms with Gasteiger partial charge < -0.3 is 9.80 Å². The summed E-state index contributed by atoms with van der Waals surface area (Å²) in [6.45, 7) is 4.42. The van der Waals surface area contributed by atoms with Gasteiger partial charge in [0, 0.05) is 37.8 Å². The van der Waals surface area contributed by atoms with Crippen LogP contribution in [-0.2, 0) is 0 Å². The van der Waals surface area contributed by atoms with Crippen LogP contribution in [0.1, 0.15) is 16.1 Å². The SMILES string of the molecule is Cc1c(C(=O)N2CCN(c3cc(-c4ccc(F)cc4)ncn3)CC2)cnn1-c1ccccc1. The topological polar surface area (TPSA) is 67.2 Å². The molecular weight excluding hydrogens is 419 g/mol. The van der Waals surface area contributed by atoms with Crippen LogP contribution >= 0.6 is 0 Å². The van der Waals surface area contributed by atoms with E-state index in [1.54, 1.807) is 23.0 Å². The van der Waals surface area contributed by atoms with Gasteiger partial charge in [-0.3, -0.25) is 4.79 Å². The molecule has 2 aromatic carbocycles. The predicted octanol–water partition coefficient (Wildman–Crippen LogP) is 3.74. The van der Waals surface area contributed by atoms with Gasteiger partial charge in [-0.25, -0.2) is 19.0 Å². The van der Waals surface area contributed by atoms with Gasteiger partial charge in [-0.1, -0.05) is 18.2 Å². The van der Waals surface area contributed by atoms with Crippen molar-refractivity contribution in [2.45, 2.75) is 6.92 Å². The largest absolute Gasteiger partial charge is 0.353 e. The molecule has 7 nitrogen and oxygen atoms in total. The molecule has 1 amide bonds. The Labute approximate surface area is 191 Å². The summed E-state index contributed by atoms with van der Waals surface area (Å²) in [4.78, 5) is 25.9. The van der Waals surface area contributed by atoms with Gasteiger partial charge in [0.15, 0.2) is 0 Å². The monoisotopic (exact) mass is 442 g/mol. The quantitative estimate of drug-likeness (QED) is 0.482. The molecule has 0 spiro atoms. The fourth-order valence-electron chi connectivity index (χ4n) is 4.06. The Morgan fingerprint density at radius 2 is 1.67 bits per heavy atom. The molecule has 1 aliphatic rings. The second-order valence-electron chi connectivity index (χ2n) is 7.94. The number of benzene rings is 2. The van der Waals surface area contributed by atoms with Crippen LogP contribution in [0.2, 0.25) is 0 Å². The van der Waals surface area contributed by atoms with E-state index in [1.165, 1.54) is 18.5 Å². The Kier molecular flexibility index (Phi) is 5.56. The van der Waals surface area contributed by atoms with Crippen LogP contribution in [0, 0.1) is 12.7 Å². The molecule has 0 N–H and O–H groups in total. The lowest BCUT2D eigenvalue weighted by Gasteiger charge is -2.35. The Balaban J connectivity index is 1.27. The number of aromatic nitrogens is 4. The molecule has 3 heterocycles. The number of carbonyl (C=O) groups is 1. The standard InChI is InChI=1S/C25H23FN6O/c1-18-22(16-29-32(18)21-5-3-2-4-6-21)25(33)31-13-11-30(12-14-31)24-15-23(27-17-28-24)19-7-9-20(26)10-8-19/h2-10,15-17H,11-14H2,1H3. The average molecular weight is 442 g/mol. The lowest BCUT2D eigenvalue weighted by atomic mass is 10.1. The minimum absolute atomic E-state index is 0.0102. The fraction of sp³-hybridized carbons (Fsp3) is 0.200. The Bertz CT molecular complexity index is 1260. The van der Waals surface area contributed by atoms with Crippen LogP contribution in [0.5, 0.6) is 0 Å². The second-order valence-corrected chi connectivity index (χ2v) is 7.94. The van der Waals surface area contributed by atoms with E-state index in [-0.39, 0.29) is 11.7 Å². The first-order valence-electron chi connectivity index (χ1n) is 10.8. The summed E-state index contributed by atoms with van der Waals surface area (Å²) < 4.78 is 15.0. The lowest BCUT2D eigenvalue weighted by Crippen LogP contribution is -2.49. The first-order chi connectivity index (χ1) is 16.1. The second kappa shape index (κ2) is 8.82. The highest BCUT2D eigenvalue weighted by Crippen LogP contribution is 2.23. The Hall–Kier alpha value is -4.07. The number of para-hydroxylation sites is 1. The smallest absolute Gasteiger partial charge is 0.257 e. The number of hydrogen-bond acceptors (Lipinski definition) is 5. The van der Waals surface area contributed by atoms with E-state index in [1.807, 2.05) is 48.2 Å². The zero-order valence-corrected chi connectivity index (χ0v) is 18.2. The highest BCUT2D eigenvalue weighted by Gasteiger charge is 2.26. The molecule has 0 aliphatic carbocycles. The number of anilines is 1. The maximum Gasteiger partial charge on any atom is 0.257 e. The van der Waals surface area contributed by atoms with E-state index in [2.05, 4.69) is 20.0 Å². The van der Waals surface area contributed by atoms with Crippen molar-refractivity contribution in [1.29, 1.82) is 0 Å². The molecule has 1 fully saturated rings. The minimum Gasteiger partial charge on any atom is -0.353 e. The Morgan fingerprint density at radius 3 is 2.39 bits per heavy atom. The molecule has 2 aromatic heterocycles. The summed E-state index contributed by atoms with van der Waals surface area (Å²) in [6, 6.07) is 17.9. The maximum absolute atomic E-state index is 13.2. The summed E-state index contributed by atoms with van der Waals surface area (Å²) in [7, 11) is 0. The predicted molar refractivity (Wildman–Crippen MR) is 124 cm³/mol. The number of nitrogens with zero attached hydrogens (tertiary/aromatic N) is 6. The van der Waals surface area contributed by atoms with Crippen molar-refractivity contribution in [3.8, 4) is 16.9 Å². The number of piperazine rings is 1. The Morgan fingerprint density at radius 1 is 0.939 bits per heavy atom. The van der Waals surface area contributed by atoms with E-state index >= 15 is 0 Å². The number of hydrogen-bond donors (Lipinski definition) is 0. The first kappa shape index (κ1) is 20.8. The number of halogens is 1. The lowest BCUT2D eigenvalue weighted by molar-refractivity contribution is 0.0745. The van der Waals surface area contributed by atoms with Gasteiger partial charge in [0.25, 0.3) is 5.91 Å². The van der Waals surface area contributed by atoms with Crippen LogP contribution in [0.15, 0.2) is 73.2 Å². The van der Waals surface area contributed by atoms with Crippen molar-refractivity contribution in [2.75, 3.05) is 31.1 Å². The molecule has 166 valence electrons. The molecule has 8 heteroatoms. The van der Waals surface area contributed by atoms with Crippen LogP contribution in [0.25, 0.3) is 16.9 Å². The summed E-state index contributed by atoms with van der Waals surface area (Å²) in [5.41, 5.74) is 3.95. The van der Waals surface area contributed by atoms with Gasteiger partial charge in [-0.15, -0.1) is 0 Å². The highest BCUT2D eigenvalue weighted by atomic mass is 19.1. The molecule has 33 heavy (non-hydrogen) atoms. The third kappa shape index (κ3) is 4.19. The van der Waals surface area contributed by atoms with Gasteiger partial charge in [0.1, 0.15) is 18.0 Å². The van der Waals surface area contributed by atoms with Gasteiger partial charge in [-0.2, -0.15) is 5.10 Å². The molecule has 0 unspecified atom stereocenters. The molecule has 0 bridgehead atoms. The van der Waals surface area contributed by atoms with E-state index in [4.69, 9.17) is 0 Å². The van der Waals surface area contributed by atoms with Crippen LogP contribution in [-0.4, -0.2) is 56.7 Å². The van der Waals surface area contributed by atoms with Gasteiger partial charge in [0.2, 0.25) is 0 Å². The normalized spacial score (nSPS) is 13.9. The maximum atomic E-state index is 13.2. The van der Waals surface area contributed by atoms with Gasteiger partial charge in [-0.05, 0) is 43.3 Å². The van der Waals surface area contributed by atoms with Crippen molar-refractivity contribution in [3.05, 3.63) is 90.3 Å². The zero-order valence-electron chi connectivity index (χ0n) is 18.2. The zero-order chi connectivity index (χ0) is 22.8. The summed E-state index contributed by atoms with van der Waals surface area (Å²) in [5, 5.41) is 4.43. The van der Waals surface area contributed by atoms with E-state index in [9.17, 15) is 9.18 Å². The molecule has 0 saturated carbocycles. The molecular formula is C25H23FN6O. The minimum atomic E-state index is -0.279. The van der Waals surface area contributed by atoms with Gasteiger partial charge in [0.05, 0.1) is 28.8 Å². The van der Waals surface area contributed by atoms with Crippen molar-refractivity contribution in [3.63, 3.8) is 0 Å². The van der Waals surface area contributed by atoms with Crippen LogP contribution in [0.4, 0.5) is 10.2 Å². The molecule has 0 radical (unpaired) electrons. The molecule has 5 rings (SSSR count). The number of carbonyl (C=O) groups excluding carboxylic acids is 1. The highest BCUT2D eigenvalue weighted by molar-refractivity contribution is 5.95. The molecule has 1 aliphatic heterocycles. The molecule has 0 atom stereocenters. The molecule has 4 aromatic rings. The van der Waals surface area contributed by atoms with Crippen molar-refractivity contribution in [2.24, 2.45) is 0 Å². The number of rotatable bonds is 4. The van der Waals surface area contributed by atoms with Crippen molar-refractivity contribution < 1.29 is 9.18 Å². The average Bonchev–Trinajstić information content (AvgIpc) is 3.26. The van der Waals surface area contributed by atoms with E-state index in [0.717, 1.165) is 28.5 Å². The summed E-state index contributed by atoms with van der Waals surface area (Å²) in [6.07, 6.45) is 3.17. The van der Waals surface area contributed by atoms with Crippen molar-refractivity contribution >= 4 is 11.7 Å².